The van der Waals surface area contributed by atoms with Crippen molar-refractivity contribution in [1.82, 2.24) is 14.0 Å². The zero-order valence-corrected chi connectivity index (χ0v) is 20.9. The Hall–Kier alpha value is -2.20. The van der Waals surface area contributed by atoms with Gasteiger partial charge in [0.25, 0.3) is 0 Å². The first kappa shape index (κ1) is 25.4. The van der Waals surface area contributed by atoms with Crippen molar-refractivity contribution in [3.8, 4) is 22.7 Å². The van der Waals surface area contributed by atoms with Crippen LogP contribution < -0.4 is 9.23 Å². The number of hydrogen-bond acceptors (Lipinski definition) is 7. The van der Waals surface area contributed by atoms with Crippen molar-refractivity contribution in [2.24, 2.45) is 0 Å². The zero-order valence-electron chi connectivity index (χ0n) is 18.4. The fourth-order valence-electron chi connectivity index (χ4n) is 3.07. The predicted octanol–water partition coefficient (Wildman–Crippen LogP) is 5.05. The van der Waals surface area contributed by atoms with Crippen LogP contribution in [-0.4, -0.2) is 37.8 Å². The minimum absolute atomic E-state index is 0.0223. The molecule has 178 valence electrons. The van der Waals surface area contributed by atoms with E-state index in [4.69, 9.17) is 25.4 Å². The fraction of sp³-hybridized carbons (Fsp3) is 0.286. The Bertz CT molecular complexity index is 1220. The molecule has 0 saturated heterocycles. The molecule has 0 unspecified atom stereocenters. The lowest BCUT2D eigenvalue weighted by molar-refractivity contribution is 0.217. The van der Waals surface area contributed by atoms with Gasteiger partial charge >= 0.3 is 7.75 Å². The van der Waals surface area contributed by atoms with Gasteiger partial charge in [-0.2, -0.15) is 0 Å². The number of ether oxygens (including phenoxy) is 1. The number of benzene rings is 2. The lowest BCUT2D eigenvalue weighted by Gasteiger charge is -2.18. The third kappa shape index (κ3) is 6.03. The van der Waals surface area contributed by atoms with Crippen molar-refractivity contribution in [2.45, 2.75) is 25.7 Å². The maximum atomic E-state index is 12.7. The van der Waals surface area contributed by atoms with E-state index in [-0.39, 0.29) is 18.1 Å². The van der Waals surface area contributed by atoms with Gasteiger partial charge in [0.1, 0.15) is 12.1 Å². The molecule has 1 N–H and O–H groups in total. The van der Waals surface area contributed by atoms with Crippen LogP contribution in [0, 0.1) is 0 Å². The van der Waals surface area contributed by atoms with Crippen LogP contribution in [0.1, 0.15) is 20.8 Å². The molecular weight excluding hydrogens is 489 g/mol. The molecule has 0 fully saturated rings. The van der Waals surface area contributed by atoms with E-state index in [9.17, 15) is 13.0 Å². The van der Waals surface area contributed by atoms with Crippen molar-refractivity contribution in [3.63, 3.8) is 0 Å². The average Bonchev–Trinajstić information content (AvgIpc) is 3.16. The van der Waals surface area contributed by atoms with E-state index < -0.39 is 17.8 Å². The topological polar surface area (TPSA) is 109 Å². The van der Waals surface area contributed by atoms with Gasteiger partial charge in [0.2, 0.25) is 10.0 Å². The van der Waals surface area contributed by atoms with Crippen LogP contribution in [0.2, 0.25) is 5.15 Å². The Labute approximate surface area is 198 Å². The summed E-state index contributed by atoms with van der Waals surface area (Å²) >= 11 is 6.34. The SMILES string of the molecule is CCOc1ccc(-c2c(Cl)ncn2-c2ccc(S(=O)(=O)NP(=O)(OCC)OCC)cc2)cc1. The van der Waals surface area contributed by atoms with Crippen molar-refractivity contribution >= 4 is 29.4 Å². The highest BCUT2D eigenvalue weighted by molar-refractivity contribution is 7.94. The standard InChI is InChI=1S/C21H25ClN3O6PS/c1-4-29-18-11-7-16(8-12-18)20-21(22)23-15-25(20)17-9-13-19(14-10-17)33(27,28)24-32(26,30-5-2)31-6-3/h7-15H,4-6H2,1-3H3,(H,24,26). The van der Waals surface area contributed by atoms with E-state index in [1.807, 2.05) is 35.7 Å². The molecule has 12 heteroatoms. The summed E-state index contributed by atoms with van der Waals surface area (Å²) in [4.78, 5) is 4.09. The van der Waals surface area contributed by atoms with Crippen LogP contribution in [0.3, 0.4) is 0 Å². The molecule has 0 radical (unpaired) electrons. The van der Waals surface area contributed by atoms with Crippen molar-refractivity contribution in [3.05, 3.63) is 60.0 Å². The first-order valence-corrected chi connectivity index (χ1v) is 13.6. The highest BCUT2D eigenvalue weighted by atomic mass is 35.5. The molecular formula is C21H25ClN3O6PS. The van der Waals surface area contributed by atoms with Gasteiger partial charge in [0.05, 0.1) is 30.4 Å². The summed E-state index contributed by atoms with van der Waals surface area (Å²) in [6.45, 7) is 5.70. The molecule has 9 nitrogen and oxygen atoms in total. The molecule has 0 bridgehead atoms. The number of aromatic nitrogens is 2. The Morgan fingerprint density at radius 1 is 0.970 bits per heavy atom. The number of nitrogens with one attached hydrogen (secondary N) is 1. The highest BCUT2D eigenvalue weighted by Crippen LogP contribution is 2.45. The average molecular weight is 514 g/mol. The first-order chi connectivity index (χ1) is 15.7. The summed E-state index contributed by atoms with van der Waals surface area (Å²) in [6.07, 6.45) is 1.55. The molecule has 0 amide bonds. The van der Waals surface area contributed by atoms with E-state index in [1.54, 1.807) is 36.9 Å². The zero-order chi connectivity index (χ0) is 24.1. The number of nitrogens with zero attached hydrogens (tertiary/aromatic N) is 2. The van der Waals surface area contributed by atoms with Crippen LogP contribution >= 0.6 is 19.3 Å². The second-order valence-electron chi connectivity index (χ2n) is 6.63. The Morgan fingerprint density at radius 2 is 1.58 bits per heavy atom. The molecule has 0 aliphatic rings. The van der Waals surface area contributed by atoms with E-state index in [0.29, 0.717) is 23.1 Å². The predicted molar refractivity (Wildman–Crippen MR) is 126 cm³/mol. The minimum Gasteiger partial charge on any atom is -0.494 e. The van der Waals surface area contributed by atoms with Crippen molar-refractivity contribution < 1.29 is 26.8 Å². The molecule has 0 spiro atoms. The van der Waals surface area contributed by atoms with Gasteiger partial charge in [0, 0.05) is 11.3 Å². The Balaban J connectivity index is 1.90. The van der Waals surface area contributed by atoms with Gasteiger partial charge in [-0.25, -0.2) is 18.0 Å². The normalized spacial score (nSPS) is 12.1. The van der Waals surface area contributed by atoms with Crippen LogP contribution in [-0.2, 0) is 23.6 Å². The molecule has 2 aromatic carbocycles. The Kier molecular flexibility index (Phi) is 8.33. The van der Waals surface area contributed by atoms with Crippen molar-refractivity contribution in [1.29, 1.82) is 0 Å². The van der Waals surface area contributed by atoms with Gasteiger partial charge < -0.3 is 4.74 Å². The summed E-state index contributed by atoms with van der Waals surface area (Å²) in [5, 5.41) is 0.298. The largest absolute Gasteiger partial charge is 0.494 e. The van der Waals surface area contributed by atoms with E-state index >= 15 is 0 Å². The lowest BCUT2D eigenvalue weighted by Crippen LogP contribution is -2.23. The molecule has 33 heavy (non-hydrogen) atoms. The van der Waals surface area contributed by atoms with Crippen LogP contribution in [0.15, 0.2) is 59.8 Å². The van der Waals surface area contributed by atoms with Gasteiger partial charge in [-0.05, 0) is 69.3 Å². The number of halogens is 1. The van der Waals surface area contributed by atoms with Crippen LogP contribution in [0.5, 0.6) is 5.75 Å². The Morgan fingerprint density at radius 3 is 2.12 bits per heavy atom. The molecule has 0 atom stereocenters. The minimum atomic E-state index is -4.16. The molecule has 1 aromatic heterocycles. The summed E-state index contributed by atoms with van der Waals surface area (Å²) < 4.78 is 57.3. The molecule has 3 aromatic rings. The van der Waals surface area contributed by atoms with Crippen LogP contribution in [0.4, 0.5) is 0 Å². The highest BCUT2D eigenvalue weighted by Gasteiger charge is 2.31. The fourth-order valence-corrected chi connectivity index (χ4v) is 6.59. The van der Waals surface area contributed by atoms with Gasteiger partial charge in [-0.15, -0.1) is 4.49 Å². The second kappa shape index (κ2) is 10.8. The second-order valence-corrected chi connectivity index (χ2v) is 10.7. The quantitative estimate of drug-likeness (QED) is 0.357. The summed E-state index contributed by atoms with van der Waals surface area (Å²) in [6, 6.07) is 13.4. The van der Waals surface area contributed by atoms with Gasteiger partial charge in [-0.3, -0.25) is 13.6 Å². The maximum absolute atomic E-state index is 12.7. The third-order valence-corrected chi connectivity index (χ3v) is 8.64. The molecule has 0 saturated carbocycles. The summed E-state index contributed by atoms with van der Waals surface area (Å²) in [5.41, 5.74) is 2.09. The maximum Gasteiger partial charge on any atom is 0.419 e. The van der Waals surface area contributed by atoms with Gasteiger partial charge in [0.15, 0.2) is 5.15 Å². The number of sulfonamides is 1. The smallest absolute Gasteiger partial charge is 0.419 e. The lowest BCUT2D eigenvalue weighted by atomic mass is 10.1. The van der Waals surface area contributed by atoms with Crippen molar-refractivity contribution in [2.75, 3.05) is 19.8 Å². The summed E-state index contributed by atoms with van der Waals surface area (Å²) in [5.74, 6) is 0.738. The number of rotatable bonds is 11. The molecule has 0 aliphatic carbocycles. The monoisotopic (exact) mass is 513 g/mol. The molecule has 0 aliphatic heterocycles. The van der Waals surface area contributed by atoms with E-state index in [0.717, 1.165) is 11.3 Å². The molecule has 3 rings (SSSR count). The summed E-state index contributed by atoms with van der Waals surface area (Å²) in [7, 11) is -8.17. The third-order valence-electron chi connectivity index (χ3n) is 4.42. The molecule has 1 heterocycles. The van der Waals surface area contributed by atoms with Crippen LogP contribution in [0.25, 0.3) is 16.9 Å². The van der Waals surface area contributed by atoms with E-state index in [2.05, 4.69) is 4.98 Å². The van der Waals surface area contributed by atoms with Gasteiger partial charge in [-0.1, -0.05) is 11.6 Å². The number of imidazole rings is 1. The number of hydrogen-bond donors (Lipinski definition) is 1. The first-order valence-electron chi connectivity index (χ1n) is 10.2. The van der Waals surface area contributed by atoms with E-state index in [1.165, 1.54) is 12.1 Å².